The highest BCUT2D eigenvalue weighted by Crippen LogP contribution is 2.23. The molecule has 2 aromatic rings. The number of nitrogens with zero attached hydrogens (tertiary/aromatic N) is 1. The number of hydrogen-bond acceptors (Lipinski definition) is 4. The van der Waals surface area contributed by atoms with Crippen molar-refractivity contribution >= 4 is 12.4 Å². The third-order valence-electron chi connectivity index (χ3n) is 5.16. The summed E-state index contributed by atoms with van der Waals surface area (Å²) in [5, 5.41) is 9.75. The van der Waals surface area contributed by atoms with Crippen molar-refractivity contribution in [3.8, 4) is 11.5 Å². The van der Waals surface area contributed by atoms with Crippen LogP contribution in [0.3, 0.4) is 0 Å². The normalized spacial score (nSPS) is 19.5. The molecule has 0 spiro atoms. The Morgan fingerprint density at radius 3 is 2.67 bits per heavy atom. The summed E-state index contributed by atoms with van der Waals surface area (Å²) < 4.78 is 11.4. The lowest BCUT2D eigenvalue weighted by Crippen LogP contribution is -2.26. The van der Waals surface area contributed by atoms with Crippen LogP contribution < -0.4 is 9.47 Å². The van der Waals surface area contributed by atoms with Gasteiger partial charge in [0.25, 0.3) is 0 Å². The Bertz CT molecular complexity index is 709. The molecule has 1 heterocycles. The van der Waals surface area contributed by atoms with Crippen LogP contribution in [0.25, 0.3) is 0 Å². The number of methoxy groups -OCH3 is 1. The van der Waals surface area contributed by atoms with Gasteiger partial charge in [-0.25, -0.2) is 0 Å². The van der Waals surface area contributed by atoms with Crippen LogP contribution in [-0.4, -0.2) is 49.5 Å². The summed E-state index contributed by atoms with van der Waals surface area (Å²) in [4.78, 5) is 2.22. The number of aliphatic hydroxyl groups excluding tert-OH is 1. The smallest absolute Gasteiger partial charge is 0.122 e. The minimum Gasteiger partial charge on any atom is -0.497 e. The van der Waals surface area contributed by atoms with Crippen LogP contribution in [0.2, 0.25) is 0 Å². The van der Waals surface area contributed by atoms with Crippen molar-refractivity contribution in [1.82, 2.24) is 4.90 Å². The zero-order valence-corrected chi connectivity index (χ0v) is 17.0. The number of likely N-dealkylation sites (tertiary alicyclic amines) is 1. The van der Waals surface area contributed by atoms with Gasteiger partial charge in [0.2, 0.25) is 0 Å². The third kappa shape index (κ3) is 6.13. The first-order valence-electron chi connectivity index (χ1n) is 9.37. The number of benzene rings is 2. The van der Waals surface area contributed by atoms with Crippen molar-refractivity contribution < 1.29 is 14.6 Å². The van der Waals surface area contributed by atoms with Gasteiger partial charge in [-0.2, -0.15) is 0 Å². The zero-order valence-electron chi connectivity index (χ0n) is 16.1. The number of rotatable bonds is 8. The molecule has 5 heteroatoms. The van der Waals surface area contributed by atoms with Gasteiger partial charge < -0.3 is 19.5 Å². The number of likely N-dealkylation sites (N-methyl/N-ethyl adjacent to an activating group) is 1. The van der Waals surface area contributed by atoms with Crippen LogP contribution >= 0.6 is 12.4 Å². The topological polar surface area (TPSA) is 41.9 Å². The first kappa shape index (κ1) is 21.5. The van der Waals surface area contributed by atoms with Crippen LogP contribution in [-0.2, 0) is 12.8 Å². The van der Waals surface area contributed by atoms with Gasteiger partial charge in [-0.05, 0) is 62.1 Å². The Morgan fingerprint density at radius 1 is 1.11 bits per heavy atom. The second kappa shape index (κ2) is 10.5. The van der Waals surface area contributed by atoms with Gasteiger partial charge in [-0.15, -0.1) is 12.4 Å². The number of hydrogen-bond donors (Lipinski definition) is 1. The number of β-amino-alcohol motifs (C(OH)–C–C–N with tert-alkyl or cyclic N) is 1. The van der Waals surface area contributed by atoms with Crippen molar-refractivity contribution in [3.05, 3.63) is 59.7 Å². The predicted molar refractivity (Wildman–Crippen MR) is 111 cm³/mol. The Hall–Kier alpha value is -1.75. The number of halogens is 1. The Labute approximate surface area is 168 Å². The molecule has 0 aromatic heterocycles. The fourth-order valence-corrected chi connectivity index (χ4v) is 3.65. The van der Waals surface area contributed by atoms with Crippen molar-refractivity contribution in [3.63, 3.8) is 0 Å². The van der Waals surface area contributed by atoms with Crippen molar-refractivity contribution in [2.45, 2.75) is 37.8 Å². The molecule has 2 aromatic carbocycles. The summed E-state index contributed by atoms with van der Waals surface area (Å²) in [5.74, 6) is 1.87. The van der Waals surface area contributed by atoms with Gasteiger partial charge >= 0.3 is 0 Å². The highest BCUT2D eigenvalue weighted by atomic mass is 35.5. The van der Waals surface area contributed by atoms with Crippen LogP contribution in [0.4, 0.5) is 0 Å². The van der Waals surface area contributed by atoms with Crippen LogP contribution in [0.5, 0.6) is 11.5 Å². The summed E-state index contributed by atoms with van der Waals surface area (Å²) in [6, 6.07) is 16.9. The fourth-order valence-electron chi connectivity index (χ4n) is 3.65. The minimum absolute atomic E-state index is 0. The van der Waals surface area contributed by atoms with E-state index in [1.807, 2.05) is 24.3 Å². The van der Waals surface area contributed by atoms with Gasteiger partial charge in [0.05, 0.1) is 19.8 Å². The molecule has 0 radical (unpaired) electrons. The molecule has 4 nitrogen and oxygen atoms in total. The lowest BCUT2D eigenvalue weighted by Gasteiger charge is -2.19. The van der Waals surface area contributed by atoms with E-state index < -0.39 is 0 Å². The monoisotopic (exact) mass is 391 g/mol. The first-order valence-corrected chi connectivity index (χ1v) is 9.37. The van der Waals surface area contributed by atoms with E-state index in [4.69, 9.17) is 9.47 Å². The molecule has 0 bridgehead atoms. The predicted octanol–water partition coefficient (Wildman–Crippen LogP) is 3.74. The van der Waals surface area contributed by atoms with E-state index in [0.29, 0.717) is 12.6 Å². The second-order valence-electron chi connectivity index (χ2n) is 7.08. The van der Waals surface area contributed by atoms with Gasteiger partial charge in [0, 0.05) is 12.6 Å². The van der Waals surface area contributed by atoms with E-state index in [1.165, 1.54) is 11.1 Å². The largest absolute Gasteiger partial charge is 0.497 e. The molecule has 1 fully saturated rings. The lowest BCUT2D eigenvalue weighted by atomic mass is 10.0. The van der Waals surface area contributed by atoms with Crippen molar-refractivity contribution in [2.24, 2.45) is 0 Å². The molecule has 0 amide bonds. The molecule has 148 valence electrons. The lowest BCUT2D eigenvalue weighted by molar-refractivity contribution is 0.182. The SMILES string of the molecule is COc1cccc(CCc2ccccc2OCC[C@@H]2C[C@@H](O)CN2C)c1.Cl. The molecule has 0 saturated carbocycles. The van der Waals surface area contributed by atoms with E-state index in [9.17, 15) is 5.11 Å². The molecule has 1 N–H and O–H groups in total. The van der Waals surface area contributed by atoms with Crippen LogP contribution in [0.15, 0.2) is 48.5 Å². The molecule has 3 rings (SSSR count). The summed E-state index contributed by atoms with van der Waals surface area (Å²) in [6.07, 6.45) is 3.48. The summed E-state index contributed by atoms with van der Waals surface area (Å²) >= 11 is 0. The number of aryl methyl sites for hydroxylation is 2. The quantitative estimate of drug-likeness (QED) is 0.744. The highest BCUT2D eigenvalue weighted by molar-refractivity contribution is 5.85. The van der Waals surface area contributed by atoms with Crippen molar-refractivity contribution in [2.75, 3.05) is 27.3 Å². The Morgan fingerprint density at radius 2 is 1.93 bits per heavy atom. The van der Waals surface area contributed by atoms with Gasteiger partial charge in [-0.1, -0.05) is 30.3 Å². The van der Waals surface area contributed by atoms with E-state index in [-0.39, 0.29) is 18.5 Å². The number of para-hydroxylation sites is 1. The molecule has 0 unspecified atom stereocenters. The van der Waals surface area contributed by atoms with Crippen LogP contribution in [0, 0.1) is 0 Å². The number of aliphatic hydroxyl groups is 1. The highest BCUT2D eigenvalue weighted by Gasteiger charge is 2.27. The van der Waals surface area contributed by atoms with Crippen molar-refractivity contribution in [1.29, 1.82) is 0 Å². The molecule has 1 saturated heterocycles. The Kier molecular flexibility index (Phi) is 8.42. The molecule has 1 aliphatic rings. The molecular formula is C22H30ClNO3. The average Bonchev–Trinajstić information content (AvgIpc) is 2.98. The average molecular weight is 392 g/mol. The Balaban J connectivity index is 0.00000261. The van der Waals surface area contributed by atoms with Gasteiger partial charge in [0.15, 0.2) is 0 Å². The molecule has 27 heavy (non-hydrogen) atoms. The molecule has 2 atom stereocenters. The minimum atomic E-state index is -0.194. The maximum Gasteiger partial charge on any atom is 0.122 e. The maximum atomic E-state index is 9.75. The zero-order chi connectivity index (χ0) is 18.4. The summed E-state index contributed by atoms with van der Waals surface area (Å²) in [5.41, 5.74) is 2.50. The number of ether oxygens (including phenoxy) is 2. The summed E-state index contributed by atoms with van der Waals surface area (Å²) in [6.45, 7) is 1.44. The second-order valence-corrected chi connectivity index (χ2v) is 7.08. The maximum absolute atomic E-state index is 9.75. The van der Waals surface area contributed by atoms with Gasteiger partial charge in [0.1, 0.15) is 11.5 Å². The summed E-state index contributed by atoms with van der Waals surface area (Å²) in [7, 11) is 3.77. The first-order chi connectivity index (χ1) is 12.7. The fraction of sp³-hybridized carbons (Fsp3) is 0.455. The van der Waals surface area contributed by atoms with E-state index in [2.05, 4.69) is 36.2 Å². The van der Waals surface area contributed by atoms with Gasteiger partial charge in [-0.3, -0.25) is 0 Å². The standard InChI is InChI=1S/C22H29NO3.ClH/c1-23-16-20(24)15-19(23)12-13-26-22-9-4-3-7-18(22)11-10-17-6-5-8-21(14-17)25-2;/h3-9,14,19-20,24H,10-13,15-16H2,1-2H3;1H/t19-,20-;/m1./s1. The third-order valence-corrected chi connectivity index (χ3v) is 5.16. The molecular weight excluding hydrogens is 362 g/mol. The van der Waals surface area contributed by atoms with E-state index in [0.717, 1.165) is 43.7 Å². The van der Waals surface area contributed by atoms with E-state index in [1.54, 1.807) is 7.11 Å². The van der Waals surface area contributed by atoms with Crippen LogP contribution in [0.1, 0.15) is 24.0 Å². The molecule has 1 aliphatic heterocycles. The van der Waals surface area contributed by atoms with E-state index >= 15 is 0 Å². The molecule has 0 aliphatic carbocycles.